The van der Waals surface area contributed by atoms with E-state index in [1.165, 1.54) is 18.0 Å². The molecule has 0 aliphatic rings. The van der Waals surface area contributed by atoms with Crippen molar-refractivity contribution in [3.63, 3.8) is 0 Å². The van der Waals surface area contributed by atoms with Gasteiger partial charge in [-0.2, -0.15) is 0 Å². The largest absolute Gasteiger partial charge is 0.580 e. The normalized spacial score (nSPS) is 13.1. The monoisotopic (exact) mass is 761 g/mol. The molecule has 0 bridgehead atoms. The molecule has 4 amide bonds. The average Bonchev–Trinajstić information content (AvgIpc) is 3.14. The van der Waals surface area contributed by atoms with Crippen LogP contribution >= 0.6 is 0 Å². The Labute approximate surface area is 328 Å². The van der Waals surface area contributed by atoms with Crippen LogP contribution in [0.15, 0.2) is 120 Å². The second-order valence-corrected chi connectivity index (χ2v) is 15.2. The van der Waals surface area contributed by atoms with Crippen molar-refractivity contribution in [2.45, 2.75) is 83.6 Å². The molecule has 2 unspecified atom stereocenters. The molecule has 0 fully saturated rings. The summed E-state index contributed by atoms with van der Waals surface area (Å²) in [6.45, 7) is 9.11. The van der Waals surface area contributed by atoms with Gasteiger partial charge in [0.1, 0.15) is 11.6 Å². The Bertz CT molecular complexity index is 2060. The van der Waals surface area contributed by atoms with Crippen LogP contribution in [0.1, 0.15) is 57.7 Å². The SMILES string of the molecule is CN(C(=O)C(Cc1ccc2ccccc2c1)NC(=O)/C=C/CC(C)(C)NC(=O)OC(C)(C)C)C(Cc1ccccc1)C([OH2+])=NC(=N)C(=O)NCc1ccccc1. The van der Waals surface area contributed by atoms with E-state index in [0.717, 1.165) is 27.5 Å². The molecule has 0 aliphatic heterocycles. The zero-order chi connectivity index (χ0) is 40.9. The zero-order valence-electron chi connectivity index (χ0n) is 32.9. The quantitative estimate of drug-likeness (QED) is 0.0565. The number of hydrogen-bond acceptors (Lipinski definition) is 6. The van der Waals surface area contributed by atoms with Crippen LogP contribution in [-0.2, 0) is 38.5 Å². The van der Waals surface area contributed by atoms with Gasteiger partial charge in [0.15, 0.2) is 6.04 Å². The minimum Gasteiger partial charge on any atom is -0.580 e. The maximum Gasteiger partial charge on any atom is 0.408 e. The molecule has 0 aromatic heterocycles. The summed E-state index contributed by atoms with van der Waals surface area (Å²) in [4.78, 5) is 58.5. The van der Waals surface area contributed by atoms with Gasteiger partial charge < -0.3 is 30.7 Å². The summed E-state index contributed by atoms with van der Waals surface area (Å²) in [7, 11) is 1.53. The lowest BCUT2D eigenvalue weighted by Gasteiger charge is -2.29. The minimum absolute atomic E-state index is 0.138. The number of aliphatic imine (C=N–C) groups is 1. The van der Waals surface area contributed by atoms with Crippen molar-refractivity contribution in [2.75, 3.05) is 7.05 Å². The van der Waals surface area contributed by atoms with Gasteiger partial charge in [0.05, 0.1) is 0 Å². The van der Waals surface area contributed by atoms with Crippen molar-refractivity contribution in [3.8, 4) is 0 Å². The van der Waals surface area contributed by atoms with Gasteiger partial charge in [-0.3, -0.25) is 19.8 Å². The molecule has 6 N–H and O–H groups in total. The van der Waals surface area contributed by atoms with Crippen LogP contribution in [0.4, 0.5) is 4.79 Å². The Kier molecular flexibility index (Phi) is 14.7. The Morgan fingerprint density at radius 3 is 2.07 bits per heavy atom. The molecule has 0 spiro atoms. The number of amidine groups is 1. The first-order valence-corrected chi connectivity index (χ1v) is 18.5. The van der Waals surface area contributed by atoms with Crippen molar-refractivity contribution in [1.29, 1.82) is 5.41 Å². The molecule has 2 atom stereocenters. The number of nitrogens with zero attached hydrogens (tertiary/aromatic N) is 2. The molecule has 0 radical (unpaired) electrons. The van der Waals surface area contributed by atoms with Crippen molar-refractivity contribution in [1.82, 2.24) is 20.9 Å². The smallest absolute Gasteiger partial charge is 0.408 e. The Hall–Kier alpha value is -6.30. The summed E-state index contributed by atoms with van der Waals surface area (Å²) < 4.78 is 5.37. The van der Waals surface area contributed by atoms with Crippen LogP contribution in [0, 0.1) is 5.41 Å². The molecule has 0 saturated carbocycles. The van der Waals surface area contributed by atoms with Crippen LogP contribution in [0.25, 0.3) is 10.8 Å². The van der Waals surface area contributed by atoms with Gasteiger partial charge >= 0.3 is 12.0 Å². The highest BCUT2D eigenvalue weighted by molar-refractivity contribution is 6.38. The average molecular weight is 762 g/mol. The lowest BCUT2D eigenvalue weighted by Crippen LogP contribution is -2.53. The van der Waals surface area contributed by atoms with Crippen LogP contribution in [0.2, 0.25) is 0 Å². The summed E-state index contributed by atoms with van der Waals surface area (Å²) in [5.74, 6) is -2.81. The number of likely N-dealkylation sites (N-methyl/N-ethyl adjacent to an activating group) is 1. The molecule has 4 aromatic rings. The van der Waals surface area contributed by atoms with E-state index in [2.05, 4.69) is 20.9 Å². The molecule has 0 saturated heterocycles. The van der Waals surface area contributed by atoms with Gasteiger partial charge in [0, 0.05) is 32.0 Å². The number of amides is 4. The highest BCUT2D eigenvalue weighted by Crippen LogP contribution is 2.19. The Morgan fingerprint density at radius 2 is 1.43 bits per heavy atom. The summed E-state index contributed by atoms with van der Waals surface area (Å²) in [6, 6.07) is 30.1. The first kappa shape index (κ1) is 42.4. The van der Waals surface area contributed by atoms with Gasteiger partial charge in [-0.1, -0.05) is 109 Å². The lowest BCUT2D eigenvalue weighted by atomic mass is 9.99. The molecule has 0 heterocycles. The van der Waals surface area contributed by atoms with E-state index in [0.29, 0.717) is 6.42 Å². The number of carbonyl (C=O) groups excluding carboxylic acids is 4. The lowest BCUT2D eigenvalue weighted by molar-refractivity contribution is -0.135. The maximum atomic E-state index is 14.5. The fraction of sp³-hybridized carbons (Fsp3) is 0.318. The van der Waals surface area contributed by atoms with Crippen LogP contribution in [-0.4, -0.2) is 75.8 Å². The first-order valence-electron chi connectivity index (χ1n) is 18.5. The number of alkyl carbamates (subject to hydrolysis) is 1. The fourth-order valence-corrected chi connectivity index (χ4v) is 5.87. The summed E-state index contributed by atoms with van der Waals surface area (Å²) >= 11 is 0. The number of hydrogen-bond donors (Lipinski definition) is 4. The zero-order valence-corrected chi connectivity index (χ0v) is 32.9. The first-order chi connectivity index (χ1) is 26.5. The van der Waals surface area contributed by atoms with E-state index in [-0.39, 0.29) is 25.3 Å². The Balaban J connectivity index is 1.58. The van der Waals surface area contributed by atoms with E-state index in [4.69, 9.17) is 15.3 Å². The summed E-state index contributed by atoms with van der Waals surface area (Å²) in [5.41, 5.74) is 1.05. The predicted molar refractivity (Wildman–Crippen MR) is 221 cm³/mol. The fourth-order valence-electron chi connectivity index (χ4n) is 5.87. The standard InChI is InChI=1S/C44H52N6O6/c1-43(2,3)56-42(55)49-44(4,5)25-15-22-37(51)47-35(27-32-23-24-33-20-13-14-21-34(33)26-32)41(54)50(6)36(28-30-16-9-7-10-17-30)39(52)48-38(45)40(53)46-29-31-18-11-8-12-19-31/h7-24,26,35-36H,25,27-29H2,1-6H3,(H,46,53)(H,47,51)(H,49,55)(H2,45,48,52)/p+1/b22-15+. The molecular formula is C44H53N6O6+. The third-order valence-corrected chi connectivity index (χ3v) is 8.75. The van der Waals surface area contributed by atoms with Crippen molar-refractivity contribution < 1.29 is 29.0 Å². The van der Waals surface area contributed by atoms with Gasteiger partial charge in [-0.15, -0.1) is 4.99 Å². The van der Waals surface area contributed by atoms with Crippen LogP contribution < -0.4 is 16.0 Å². The third kappa shape index (κ3) is 13.5. The minimum atomic E-state index is -1.06. The van der Waals surface area contributed by atoms with Crippen LogP contribution in [0.5, 0.6) is 0 Å². The van der Waals surface area contributed by atoms with E-state index in [1.807, 2.05) is 103 Å². The maximum absolute atomic E-state index is 14.5. The molecule has 56 heavy (non-hydrogen) atoms. The number of nitrogens with one attached hydrogen (secondary N) is 4. The van der Waals surface area contributed by atoms with Gasteiger partial charge in [0.25, 0.3) is 5.91 Å². The van der Waals surface area contributed by atoms with Gasteiger partial charge in [-0.05, 0) is 74.6 Å². The molecule has 4 rings (SSSR count). The van der Waals surface area contributed by atoms with E-state index in [1.54, 1.807) is 40.7 Å². The number of fused-ring (bicyclic) bond motifs is 1. The molecule has 294 valence electrons. The highest BCUT2D eigenvalue weighted by atomic mass is 16.6. The van der Waals surface area contributed by atoms with Crippen molar-refractivity contribution in [3.05, 3.63) is 132 Å². The second-order valence-electron chi connectivity index (χ2n) is 15.2. The summed E-state index contributed by atoms with van der Waals surface area (Å²) in [5, 5.41) is 27.7. The highest BCUT2D eigenvalue weighted by Gasteiger charge is 2.34. The van der Waals surface area contributed by atoms with Gasteiger partial charge in [0.2, 0.25) is 17.6 Å². The molecule has 12 nitrogen and oxygen atoms in total. The predicted octanol–water partition coefficient (Wildman–Crippen LogP) is 5.60. The topological polar surface area (TPSA) is 176 Å². The van der Waals surface area contributed by atoms with E-state index < -0.39 is 52.9 Å². The van der Waals surface area contributed by atoms with Crippen LogP contribution in [0.3, 0.4) is 0 Å². The third-order valence-electron chi connectivity index (χ3n) is 8.75. The molecule has 4 aromatic carbocycles. The number of carbonyl (C=O) groups is 4. The number of ether oxygens (including phenoxy) is 1. The number of benzene rings is 4. The molecule has 0 aliphatic carbocycles. The second kappa shape index (κ2) is 19.3. The molecule has 12 heteroatoms. The van der Waals surface area contributed by atoms with Crippen molar-refractivity contribution in [2.24, 2.45) is 4.99 Å². The Morgan fingerprint density at radius 1 is 0.821 bits per heavy atom. The molecular weight excluding hydrogens is 709 g/mol. The summed E-state index contributed by atoms with van der Waals surface area (Å²) in [6.07, 6.45) is 2.98. The van der Waals surface area contributed by atoms with E-state index in [9.17, 15) is 19.2 Å². The number of rotatable bonds is 14. The van der Waals surface area contributed by atoms with Gasteiger partial charge in [-0.25, -0.2) is 4.79 Å². The van der Waals surface area contributed by atoms with Crippen molar-refractivity contribution >= 4 is 46.3 Å². The van der Waals surface area contributed by atoms with E-state index >= 15 is 0 Å².